The summed E-state index contributed by atoms with van der Waals surface area (Å²) in [7, 11) is 1.94. The number of likely N-dealkylation sites (N-methyl/N-ethyl adjacent to an activating group) is 1. The lowest BCUT2D eigenvalue weighted by molar-refractivity contribution is 0.894. The van der Waals surface area contributed by atoms with E-state index >= 15 is 0 Å². The standard InChI is InChI=1S/C9H15N/c1-4-6-7-9(5-2)8-10-3/h4-7,10H,1,8H2,2-3H3/b7-6-,9-5+. The predicted molar refractivity (Wildman–Crippen MR) is 47.0 cm³/mol. The molecule has 0 aliphatic heterocycles. The Morgan fingerprint density at radius 1 is 1.60 bits per heavy atom. The zero-order valence-electron chi connectivity index (χ0n) is 6.72. The van der Waals surface area contributed by atoms with E-state index in [9.17, 15) is 0 Å². The molecule has 0 saturated heterocycles. The Bertz CT molecular complexity index is 143. The first kappa shape index (κ1) is 9.18. The molecule has 0 bridgehead atoms. The highest BCUT2D eigenvalue weighted by molar-refractivity contribution is 5.21. The average molecular weight is 137 g/mol. The summed E-state index contributed by atoms with van der Waals surface area (Å²) in [6.07, 6.45) is 7.84. The van der Waals surface area contributed by atoms with Gasteiger partial charge in [-0.05, 0) is 19.5 Å². The minimum atomic E-state index is 0.918. The van der Waals surface area contributed by atoms with Gasteiger partial charge in [0, 0.05) is 6.54 Å². The largest absolute Gasteiger partial charge is 0.316 e. The molecule has 1 nitrogen and oxygen atoms in total. The van der Waals surface area contributed by atoms with Gasteiger partial charge in [-0.2, -0.15) is 0 Å². The van der Waals surface area contributed by atoms with E-state index in [1.54, 1.807) is 6.08 Å². The van der Waals surface area contributed by atoms with Crippen LogP contribution in [0, 0.1) is 0 Å². The molecule has 0 aromatic carbocycles. The minimum absolute atomic E-state index is 0.918. The van der Waals surface area contributed by atoms with E-state index in [0.717, 1.165) is 6.54 Å². The second-order valence-corrected chi connectivity index (χ2v) is 1.99. The Morgan fingerprint density at radius 3 is 2.70 bits per heavy atom. The number of nitrogens with one attached hydrogen (secondary N) is 1. The molecule has 0 unspecified atom stereocenters. The molecule has 0 saturated carbocycles. The monoisotopic (exact) mass is 137 g/mol. The maximum atomic E-state index is 3.59. The first-order valence-corrected chi connectivity index (χ1v) is 3.44. The van der Waals surface area contributed by atoms with Crippen molar-refractivity contribution in [3.63, 3.8) is 0 Å². The molecule has 0 amide bonds. The second-order valence-electron chi connectivity index (χ2n) is 1.99. The highest BCUT2D eigenvalue weighted by Gasteiger charge is 1.84. The first-order chi connectivity index (χ1) is 4.85. The van der Waals surface area contributed by atoms with E-state index in [2.05, 4.69) is 18.0 Å². The van der Waals surface area contributed by atoms with Gasteiger partial charge in [-0.15, -0.1) is 0 Å². The van der Waals surface area contributed by atoms with Crippen LogP contribution < -0.4 is 5.32 Å². The van der Waals surface area contributed by atoms with Gasteiger partial charge in [0.1, 0.15) is 0 Å². The Hall–Kier alpha value is -0.820. The van der Waals surface area contributed by atoms with Crippen LogP contribution in [0.5, 0.6) is 0 Å². The quantitative estimate of drug-likeness (QED) is 0.583. The van der Waals surface area contributed by atoms with Crippen molar-refractivity contribution >= 4 is 0 Å². The van der Waals surface area contributed by atoms with E-state index < -0.39 is 0 Å². The summed E-state index contributed by atoms with van der Waals surface area (Å²) in [5.41, 5.74) is 1.28. The number of rotatable bonds is 4. The van der Waals surface area contributed by atoms with Crippen molar-refractivity contribution < 1.29 is 0 Å². The van der Waals surface area contributed by atoms with Gasteiger partial charge >= 0.3 is 0 Å². The van der Waals surface area contributed by atoms with Gasteiger partial charge in [-0.25, -0.2) is 0 Å². The molecule has 0 spiro atoms. The summed E-state index contributed by atoms with van der Waals surface area (Å²) in [4.78, 5) is 0. The molecule has 1 N–H and O–H groups in total. The Labute approximate surface area is 63.1 Å². The van der Waals surface area contributed by atoms with Crippen LogP contribution in [-0.4, -0.2) is 13.6 Å². The molecular formula is C9H15N. The maximum absolute atomic E-state index is 3.59. The van der Waals surface area contributed by atoms with Crippen molar-refractivity contribution in [1.82, 2.24) is 5.32 Å². The molecule has 0 heterocycles. The van der Waals surface area contributed by atoms with Gasteiger partial charge in [-0.1, -0.05) is 30.9 Å². The van der Waals surface area contributed by atoms with Crippen molar-refractivity contribution in [2.24, 2.45) is 0 Å². The maximum Gasteiger partial charge on any atom is 0.0199 e. The second kappa shape index (κ2) is 6.30. The van der Waals surface area contributed by atoms with Gasteiger partial charge in [0.15, 0.2) is 0 Å². The lowest BCUT2D eigenvalue weighted by Gasteiger charge is -1.97. The van der Waals surface area contributed by atoms with E-state index in [4.69, 9.17) is 0 Å². The van der Waals surface area contributed by atoms with E-state index in [1.807, 2.05) is 26.1 Å². The van der Waals surface area contributed by atoms with Crippen molar-refractivity contribution in [3.05, 3.63) is 36.5 Å². The summed E-state index contributed by atoms with van der Waals surface area (Å²) in [6.45, 7) is 6.54. The molecule has 0 fully saturated rings. The lowest BCUT2D eigenvalue weighted by atomic mass is 10.2. The van der Waals surface area contributed by atoms with Crippen molar-refractivity contribution in [2.75, 3.05) is 13.6 Å². The predicted octanol–water partition coefficient (Wildman–Crippen LogP) is 1.89. The van der Waals surface area contributed by atoms with Crippen molar-refractivity contribution in [2.45, 2.75) is 6.92 Å². The Kier molecular flexibility index (Phi) is 5.79. The minimum Gasteiger partial charge on any atom is -0.316 e. The fraction of sp³-hybridized carbons (Fsp3) is 0.333. The smallest absolute Gasteiger partial charge is 0.0199 e. The molecule has 0 radical (unpaired) electrons. The Balaban J connectivity index is 3.84. The average Bonchev–Trinajstić information content (AvgIpc) is 1.98. The van der Waals surface area contributed by atoms with Gasteiger partial charge in [-0.3, -0.25) is 0 Å². The molecular weight excluding hydrogens is 122 g/mol. The molecule has 0 rings (SSSR count). The summed E-state index contributed by atoms with van der Waals surface area (Å²) in [6, 6.07) is 0. The third kappa shape index (κ3) is 4.10. The molecule has 1 heteroatoms. The summed E-state index contributed by atoms with van der Waals surface area (Å²) < 4.78 is 0. The van der Waals surface area contributed by atoms with E-state index in [0.29, 0.717) is 0 Å². The molecule has 0 aromatic heterocycles. The van der Waals surface area contributed by atoms with E-state index in [-0.39, 0.29) is 0 Å². The van der Waals surface area contributed by atoms with E-state index in [1.165, 1.54) is 5.57 Å². The van der Waals surface area contributed by atoms with Crippen LogP contribution in [0.3, 0.4) is 0 Å². The highest BCUT2D eigenvalue weighted by atomic mass is 14.8. The van der Waals surface area contributed by atoms with Crippen LogP contribution in [0.4, 0.5) is 0 Å². The van der Waals surface area contributed by atoms with Crippen LogP contribution in [-0.2, 0) is 0 Å². The van der Waals surface area contributed by atoms with Gasteiger partial charge in [0.25, 0.3) is 0 Å². The number of hydrogen-bond acceptors (Lipinski definition) is 1. The summed E-state index contributed by atoms with van der Waals surface area (Å²) in [5, 5.41) is 3.07. The first-order valence-electron chi connectivity index (χ1n) is 3.44. The highest BCUT2D eigenvalue weighted by Crippen LogP contribution is 1.93. The van der Waals surface area contributed by atoms with Gasteiger partial charge in [0.2, 0.25) is 0 Å². The third-order valence-corrected chi connectivity index (χ3v) is 1.20. The van der Waals surface area contributed by atoms with Crippen LogP contribution >= 0.6 is 0 Å². The van der Waals surface area contributed by atoms with Gasteiger partial charge < -0.3 is 5.32 Å². The molecule has 0 aliphatic carbocycles. The lowest BCUT2D eigenvalue weighted by Crippen LogP contribution is -2.08. The zero-order valence-corrected chi connectivity index (χ0v) is 6.72. The molecule has 0 atom stereocenters. The van der Waals surface area contributed by atoms with Gasteiger partial charge in [0.05, 0.1) is 0 Å². The number of hydrogen-bond donors (Lipinski definition) is 1. The molecule has 0 aromatic rings. The molecule has 10 heavy (non-hydrogen) atoms. The zero-order chi connectivity index (χ0) is 7.82. The SMILES string of the molecule is C=C/C=C\C(=C/C)CNC. The van der Waals surface area contributed by atoms with Crippen LogP contribution in [0.15, 0.2) is 36.5 Å². The summed E-state index contributed by atoms with van der Waals surface area (Å²) in [5.74, 6) is 0. The normalized spacial score (nSPS) is 12.4. The fourth-order valence-electron chi connectivity index (χ4n) is 0.653. The number of allylic oxidation sites excluding steroid dienone is 3. The molecule has 56 valence electrons. The van der Waals surface area contributed by atoms with Crippen molar-refractivity contribution in [1.29, 1.82) is 0 Å². The topological polar surface area (TPSA) is 12.0 Å². The molecule has 0 aliphatic rings. The van der Waals surface area contributed by atoms with Crippen molar-refractivity contribution in [3.8, 4) is 0 Å². The van der Waals surface area contributed by atoms with Crippen LogP contribution in [0.1, 0.15) is 6.92 Å². The Morgan fingerprint density at radius 2 is 2.30 bits per heavy atom. The third-order valence-electron chi connectivity index (χ3n) is 1.20. The summed E-state index contributed by atoms with van der Waals surface area (Å²) >= 11 is 0. The van der Waals surface area contributed by atoms with Crippen LogP contribution in [0.25, 0.3) is 0 Å². The fourth-order valence-corrected chi connectivity index (χ4v) is 0.653. The van der Waals surface area contributed by atoms with Crippen LogP contribution in [0.2, 0.25) is 0 Å².